The van der Waals surface area contributed by atoms with Gasteiger partial charge < -0.3 is 14.5 Å². The Bertz CT molecular complexity index is 811. The third kappa shape index (κ3) is 8.21. The molecule has 1 saturated heterocycles. The van der Waals surface area contributed by atoms with Crippen molar-refractivity contribution >= 4 is 5.91 Å². The monoisotopic (exact) mass is 499 g/mol. The molecule has 0 aromatic heterocycles. The number of likely N-dealkylation sites (tertiary alicyclic amines) is 1. The highest BCUT2D eigenvalue weighted by molar-refractivity contribution is 5.78. The molecule has 0 radical (unpaired) electrons. The molecule has 0 saturated carbocycles. The quantitative estimate of drug-likeness (QED) is 0.285. The van der Waals surface area contributed by atoms with Crippen LogP contribution in [0.3, 0.4) is 0 Å². The number of ether oxygens (including phenoxy) is 1. The highest BCUT2D eigenvalue weighted by atomic mass is 16.5. The Morgan fingerprint density at radius 2 is 1.83 bits per heavy atom. The third-order valence-corrected chi connectivity index (χ3v) is 8.73. The zero-order valence-corrected chi connectivity index (χ0v) is 24.1. The smallest absolute Gasteiger partial charge is 0.236 e. The van der Waals surface area contributed by atoms with E-state index in [1.807, 2.05) is 0 Å². The lowest BCUT2D eigenvalue weighted by molar-refractivity contribution is -0.133. The van der Waals surface area contributed by atoms with Gasteiger partial charge in [0, 0.05) is 32.1 Å². The van der Waals surface area contributed by atoms with Crippen LogP contribution in [-0.4, -0.2) is 80.1 Å². The van der Waals surface area contributed by atoms with E-state index in [0.29, 0.717) is 30.3 Å². The second kappa shape index (κ2) is 14.4. The van der Waals surface area contributed by atoms with Crippen LogP contribution >= 0.6 is 0 Å². The van der Waals surface area contributed by atoms with Gasteiger partial charge in [0.1, 0.15) is 5.75 Å². The molecule has 1 fully saturated rings. The standard InChI is InChI=1S/C31H53N3O2/c1-7-9-16-33(17-11-10-15-32(5)6)31(35)23-34-22-28(21-29(34)19-25(4)24(3)8-2)26-12-13-30-27(20-26)14-18-36-30/h12-13,20,24-25,28-29H,7-11,14-19,21-23H2,1-6H3/t24?,25?,28-,29+/m1/s1. The van der Waals surface area contributed by atoms with Crippen LogP contribution in [0.1, 0.15) is 89.7 Å². The van der Waals surface area contributed by atoms with Gasteiger partial charge in [0.25, 0.3) is 0 Å². The molecule has 1 aromatic carbocycles. The van der Waals surface area contributed by atoms with Crippen LogP contribution < -0.4 is 4.74 Å². The number of unbranched alkanes of at least 4 members (excludes halogenated alkanes) is 2. The fourth-order valence-electron chi connectivity index (χ4n) is 5.90. The maximum atomic E-state index is 13.6. The van der Waals surface area contributed by atoms with Crippen molar-refractivity contribution in [3.8, 4) is 5.75 Å². The molecule has 204 valence electrons. The number of amides is 1. The van der Waals surface area contributed by atoms with Crippen molar-refractivity contribution in [2.45, 2.75) is 91.0 Å². The lowest BCUT2D eigenvalue weighted by Crippen LogP contribution is -2.43. The Labute approximate surface area is 221 Å². The molecule has 4 atom stereocenters. The average Bonchev–Trinajstić information content (AvgIpc) is 3.49. The topological polar surface area (TPSA) is 36.0 Å². The summed E-state index contributed by atoms with van der Waals surface area (Å²) in [6.45, 7) is 14.6. The number of nitrogens with zero attached hydrogens (tertiary/aromatic N) is 3. The van der Waals surface area contributed by atoms with Gasteiger partial charge in [-0.1, -0.05) is 52.7 Å². The summed E-state index contributed by atoms with van der Waals surface area (Å²) in [4.78, 5) is 20.5. The molecular weight excluding hydrogens is 446 g/mol. The van der Waals surface area contributed by atoms with Crippen molar-refractivity contribution in [3.63, 3.8) is 0 Å². The van der Waals surface area contributed by atoms with Crippen molar-refractivity contribution in [2.75, 3.05) is 53.4 Å². The molecule has 5 heteroatoms. The molecule has 3 rings (SSSR count). The first-order valence-corrected chi connectivity index (χ1v) is 14.7. The Morgan fingerprint density at radius 1 is 1.08 bits per heavy atom. The number of fused-ring (bicyclic) bond motifs is 1. The second-order valence-corrected chi connectivity index (χ2v) is 11.8. The maximum Gasteiger partial charge on any atom is 0.236 e. The highest BCUT2D eigenvalue weighted by Gasteiger charge is 2.36. The number of carbonyl (C=O) groups is 1. The van der Waals surface area contributed by atoms with Crippen molar-refractivity contribution in [2.24, 2.45) is 11.8 Å². The first-order chi connectivity index (χ1) is 17.3. The molecule has 0 bridgehead atoms. The minimum atomic E-state index is 0.331. The van der Waals surface area contributed by atoms with E-state index >= 15 is 0 Å². The summed E-state index contributed by atoms with van der Waals surface area (Å²) in [5.74, 6) is 3.29. The van der Waals surface area contributed by atoms with Gasteiger partial charge in [-0.3, -0.25) is 9.69 Å². The van der Waals surface area contributed by atoms with E-state index in [0.717, 1.165) is 83.0 Å². The molecule has 2 aliphatic rings. The Morgan fingerprint density at radius 3 is 2.56 bits per heavy atom. The van der Waals surface area contributed by atoms with E-state index in [2.05, 4.69) is 74.7 Å². The zero-order chi connectivity index (χ0) is 26.1. The van der Waals surface area contributed by atoms with Crippen molar-refractivity contribution in [3.05, 3.63) is 29.3 Å². The Kier molecular flexibility index (Phi) is 11.6. The predicted molar refractivity (Wildman–Crippen MR) is 151 cm³/mol. The summed E-state index contributed by atoms with van der Waals surface area (Å²) in [6.07, 6.45) is 9.04. The van der Waals surface area contributed by atoms with Gasteiger partial charge in [0.15, 0.2) is 0 Å². The van der Waals surface area contributed by atoms with Crippen molar-refractivity contribution in [1.29, 1.82) is 0 Å². The summed E-state index contributed by atoms with van der Waals surface area (Å²) in [5, 5.41) is 0. The molecule has 0 spiro atoms. The minimum Gasteiger partial charge on any atom is -0.493 e. The molecule has 5 nitrogen and oxygen atoms in total. The molecule has 0 N–H and O–H groups in total. The van der Waals surface area contributed by atoms with Gasteiger partial charge in [-0.25, -0.2) is 0 Å². The third-order valence-electron chi connectivity index (χ3n) is 8.73. The van der Waals surface area contributed by atoms with Crippen LogP contribution in [0.15, 0.2) is 18.2 Å². The van der Waals surface area contributed by atoms with Gasteiger partial charge >= 0.3 is 0 Å². The van der Waals surface area contributed by atoms with E-state index in [1.54, 1.807) is 0 Å². The Balaban J connectivity index is 1.69. The average molecular weight is 500 g/mol. The fraction of sp³-hybridized carbons (Fsp3) is 0.774. The zero-order valence-electron chi connectivity index (χ0n) is 24.1. The summed E-state index contributed by atoms with van der Waals surface area (Å²) in [6, 6.07) is 7.30. The number of rotatable bonds is 15. The van der Waals surface area contributed by atoms with Crippen LogP contribution in [0, 0.1) is 11.8 Å². The molecule has 1 aromatic rings. The first-order valence-electron chi connectivity index (χ1n) is 14.7. The number of carbonyl (C=O) groups excluding carboxylic acids is 1. The molecule has 0 aliphatic carbocycles. The Hall–Kier alpha value is -1.59. The lowest BCUT2D eigenvalue weighted by atomic mass is 9.85. The number of hydrogen-bond acceptors (Lipinski definition) is 4. The van der Waals surface area contributed by atoms with Gasteiger partial charge in [0.2, 0.25) is 5.91 Å². The van der Waals surface area contributed by atoms with Crippen LogP contribution in [0.5, 0.6) is 5.75 Å². The van der Waals surface area contributed by atoms with Gasteiger partial charge in [-0.15, -0.1) is 0 Å². The molecule has 36 heavy (non-hydrogen) atoms. The van der Waals surface area contributed by atoms with Gasteiger partial charge in [-0.05, 0) is 87.7 Å². The molecule has 2 unspecified atom stereocenters. The summed E-state index contributed by atoms with van der Waals surface area (Å²) < 4.78 is 5.75. The fourth-order valence-corrected chi connectivity index (χ4v) is 5.90. The normalized spacial score (nSPS) is 21.4. The van der Waals surface area contributed by atoms with Gasteiger partial charge in [-0.2, -0.15) is 0 Å². The van der Waals surface area contributed by atoms with E-state index in [9.17, 15) is 4.79 Å². The molecule has 2 aliphatic heterocycles. The number of benzene rings is 1. The van der Waals surface area contributed by atoms with Crippen LogP contribution in [-0.2, 0) is 11.2 Å². The van der Waals surface area contributed by atoms with Crippen LogP contribution in [0.2, 0.25) is 0 Å². The first kappa shape index (κ1) is 29.0. The minimum absolute atomic E-state index is 0.331. The van der Waals surface area contributed by atoms with Crippen LogP contribution in [0.25, 0.3) is 0 Å². The van der Waals surface area contributed by atoms with Crippen molar-refractivity contribution < 1.29 is 9.53 Å². The SMILES string of the molecule is CCCCN(CCCCN(C)C)C(=O)CN1C[C@H](c2ccc3c(c2)CCO3)C[C@@H]1CC(C)C(C)CC. The number of hydrogen-bond donors (Lipinski definition) is 0. The lowest BCUT2D eigenvalue weighted by Gasteiger charge is -2.31. The highest BCUT2D eigenvalue weighted by Crippen LogP contribution is 2.38. The summed E-state index contributed by atoms with van der Waals surface area (Å²) in [7, 11) is 4.25. The summed E-state index contributed by atoms with van der Waals surface area (Å²) in [5.41, 5.74) is 2.79. The molecule has 1 amide bonds. The van der Waals surface area contributed by atoms with E-state index in [4.69, 9.17) is 4.74 Å². The largest absolute Gasteiger partial charge is 0.493 e. The molecule has 2 heterocycles. The molecular formula is C31H53N3O2. The van der Waals surface area contributed by atoms with Gasteiger partial charge in [0.05, 0.1) is 13.2 Å². The van der Waals surface area contributed by atoms with E-state index < -0.39 is 0 Å². The maximum absolute atomic E-state index is 13.6. The van der Waals surface area contributed by atoms with Crippen molar-refractivity contribution in [1.82, 2.24) is 14.7 Å². The second-order valence-electron chi connectivity index (χ2n) is 11.8. The predicted octanol–water partition coefficient (Wildman–Crippen LogP) is 5.82. The van der Waals surface area contributed by atoms with E-state index in [-0.39, 0.29) is 0 Å². The van der Waals surface area contributed by atoms with E-state index in [1.165, 1.54) is 24.0 Å². The summed E-state index contributed by atoms with van der Waals surface area (Å²) >= 11 is 0. The van der Waals surface area contributed by atoms with Crippen LogP contribution in [0.4, 0.5) is 0 Å².